The van der Waals surface area contributed by atoms with Crippen LogP contribution >= 0.6 is 11.8 Å². The van der Waals surface area contributed by atoms with Crippen LogP contribution in [0.5, 0.6) is 0 Å². The molecule has 1 heterocycles. The van der Waals surface area contributed by atoms with Crippen LogP contribution in [0.2, 0.25) is 0 Å². The average molecular weight is 286 g/mol. The van der Waals surface area contributed by atoms with Crippen molar-refractivity contribution in [1.82, 2.24) is 9.55 Å². The van der Waals surface area contributed by atoms with Gasteiger partial charge in [-0.1, -0.05) is 18.7 Å². The van der Waals surface area contributed by atoms with Crippen molar-refractivity contribution in [3.8, 4) is 0 Å². The lowest BCUT2D eigenvalue weighted by Crippen LogP contribution is -2.31. The number of hydrogen-bond acceptors (Lipinski definition) is 4. The highest BCUT2D eigenvalue weighted by Crippen LogP contribution is 2.23. The molecular weight excluding hydrogens is 264 g/mol. The summed E-state index contributed by atoms with van der Waals surface area (Å²) in [7, 11) is 0. The van der Waals surface area contributed by atoms with Gasteiger partial charge in [-0.2, -0.15) is 0 Å². The first-order valence-electron chi connectivity index (χ1n) is 6.42. The van der Waals surface area contributed by atoms with Gasteiger partial charge in [0.05, 0.1) is 17.9 Å². The van der Waals surface area contributed by atoms with E-state index in [-0.39, 0.29) is 11.4 Å². The quantitative estimate of drug-likeness (QED) is 0.744. The smallest absolute Gasteiger partial charge is 0.313 e. The van der Waals surface area contributed by atoms with Gasteiger partial charge >= 0.3 is 5.97 Å². The summed E-state index contributed by atoms with van der Waals surface area (Å²) in [6, 6.07) is 0. The second-order valence-corrected chi connectivity index (χ2v) is 5.79. The molecule has 0 fully saturated rings. The first kappa shape index (κ1) is 16.0. The minimum absolute atomic E-state index is 0.0230. The second kappa shape index (κ2) is 6.96. The van der Waals surface area contributed by atoms with Crippen LogP contribution in [0.3, 0.4) is 0 Å². The third-order valence-electron chi connectivity index (χ3n) is 2.66. The molecule has 0 saturated carbocycles. The van der Waals surface area contributed by atoms with E-state index in [1.165, 1.54) is 11.8 Å². The highest BCUT2D eigenvalue weighted by molar-refractivity contribution is 7.99. The van der Waals surface area contributed by atoms with E-state index < -0.39 is 5.97 Å². The van der Waals surface area contributed by atoms with E-state index in [1.807, 2.05) is 27.0 Å². The van der Waals surface area contributed by atoms with E-state index >= 15 is 0 Å². The number of aryl methyl sites for hydroxylation is 1. The molecule has 0 aliphatic carbocycles. The third-order valence-corrected chi connectivity index (χ3v) is 3.64. The summed E-state index contributed by atoms with van der Waals surface area (Å²) in [5.74, 6) is -0.809. The van der Waals surface area contributed by atoms with Gasteiger partial charge in [0.25, 0.3) is 0 Å². The van der Waals surface area contributed by atoms with E-state index in [2.05, 4.69) is 16.5 Å². The van der Waals surface area contributed by atoms with Crippen LogP contribution in [-0.2, 0) is 22.5 Å². The van der Waals surface area contributed by atoms with Crippen molar-refractivity contribution >= 4 is 17.7 Å². The molecule has 1 rings (SSSR count). The van der Waals surface area contributed by atoms with Crippen LogP contribution in [0, 0.1) is 0 Å². The normalized spacial score (nSPS) is 11.8. The summed E-state index contributed by atoms with van der Waals surface area (Å²) in [4.78, 5) is 15.0. The van der Waals surface area contributed by atoms with Gasteiger partial charge in [-0.15, -0.1) is 0 Å². The van der Waals surface area contributed by atoms with Crippen molar-refractivity contribution < 1.29 is 14.6 Å². The van der Waals surface area contributed by atoms with Gasteiger partial charge < -0.3 is 14.4 Å². The highest BCUT2D eigenvalue weighted by atomic mass is 32.2. The summed E-state index contributed by atoms with van der Waals surface area (Å²) in [5.41, 5.74) is 0.804. The fraction of sp³-hybridized carbons (Fsp3) is 0.692. The molecule has 19 heavy (non-hydrogen) atoms. The zero-order chi connectivity index (χ0) is 14.5. The lowest BCUT2D eigenvalue weighted by Gasteiger charge is -2.26. The number of carboxylic acid groups (broad SMARTS) is 1. The number of carboxylic acids is 1. The standard InChI is InChI=1S/C13H22N2O3S/c1-5-10-7-14-12(19-8-11(16)17)15(10)9-13(3,4)18-6-2/h7H,5-6,8-9H2,1-4H3,(H,16,17). The van der Waals surface area contributed by atoms with Crippen molar-refractivity contribution in [2.24, 2.45) is 0 Å². The molecule has 0 radical (unpaired) electrons. The number of aliphatic carboxylic acids is 1. The Balaban J connectivity index is 2.89. The molecule has 0 bridgehead atoms. The molecule has 0 aliphatic heterocycles. The fourth-order valence-corrected chi connectivity index (χ4v) is 2.62. The minimum atomic E-state index is -0.832. The number of ether oxygens (including phenoxy) is 1. The van der Waals surface area contributed by atoms with E-state index in [4.69, 9.17) is 9.84 Å². The maximum Gasteiger partial charge on any atom is 0.313 e. The summed E-state index contributed by atoms with van der Waals surface area (Å²) in [6.45, 7) is 9.42. The van der Waals surface area contributed by atoms with Gasteiger partial charge in [-0.05, 0) is 27.2 Å². The molecule has 1 aromatic rings. The lowest BCUT2D eigenvalue weighted by atomic mass is 10.1. The molecule has 0 saturated heterocycles. The van der Waals surface area contributed by atoms with E-state index in [0.29, 0.717) is 13.2 Å². The van der Waals surface area contributed by atoms with Crippen LogP contribution in [-0.4, -0.2) is 38.6 Å². The summed E-state index contributed by atoms with van der Waals surface area (Å²) in [6.07, 6.45) is 2.68. The molecule has 1 N–H and O–H groups in total. The topological polar surface area (TPSA) is 64.4 Å². The summed E-state index contributed by atoms with van der Waals surface area (Å²) >= 11 is 1.25. The fourth-order valence-electron chi connectivity index (χ4n) is 1.90. The van der Waals surface area contributed by atoms with Crippen molar-refractivity contribution in [2.75, 3.05) is 12.4 Å². The number of hydrogen-bond donors (Lipinski definition) is 1. The number of imidazole rings is 1. The number of thioether (sulfide) groups is 1. The molecule has 1 aromatic heterocycles. The van der Waals surface area contributed by atoms with Gasteiger partial charge in [0.15, 0.2) is 5.16 Å². The first-order valence-corrected chi connectivity index (χ1v) is 7.41. The van der Waals surface area contributed by atoms with Crippen LogP contribution < -0.4 is 0 Å². The Hall–Kier alpha value is -1.01. The Labute approximate surface area is 118 Å². The van der Waals surface area contributed by atoms with Crippen LogP contribution in [0.1, 0.15) is 33.4 Å². The molecule has 0 amide bonds. The molecule has 0 spiro atoms. The molecule has 5 nitrogen and oxygen atoms in total. The Morgan fingerprint density at radius 1 is 1.53 bits per heavy atom. The largest absolute Gasteiger partial charge is 0.481 e. The van der Waals surface area contributed by atoms with Gasteiger partial charge in [0.1, 0.15) is 0 Å². The Bertz CT molecular complexity index is 430. The molecule has 0 aromatic carbocycles. The van der Waals surface area contributed by atoms with Crippen LogP contribution in [0.4, 0.5) is 0 Å². The lowest BCUT2D eigenvalue weighted by molar-refractivity contribution is -0.133. The van der Waals surface area contributed by atoms with Crippen molar-refractivity contribution in [3.05, 3.63) is 11.9 Å². The Kier molecular flexibility index (Phi) is 5.87. The summed E-state index contributed by atoms with van der Waals surface area (Å²) < 4.78 is 7.77. The summed E-state index contributed by atoms with van der Waals surface area (Å²) in [5, 5.41) is 9.51. The zero-order valence-electron chi connectivity index (χ0n) is 12.0. The monoisotopic (exact) mass is 286 g/mol. The zero-order valence-corrected chi connectivity index (χ0v) is 12.8. The van der Waals surface area contributed by atoms with Gasteiger partial charge in [0.2, 0.25) is 0 Å². The SMILES string of the molecule is CCOC(C)(C)Cn1c(CC)cnc1SCC(=O)O. The van der Waals surface area contributed by atoms with Crippen molar-refractivity contribution in [1.29, 1.82) is 0 Å². The molecule has 108 valence electrons. The number of aromatic nitrogens is 2. The number of nitrogens with zero attached hydrogens (tertiary/aromatic N) is 2. The molecule has 0 atom stereocenters. The van der Waals surface area contributed by atoms with Crippen LogP contribution in [0.15, 0.2) is 11.4 Å². The Morgan fingerprint density at radius 3 is 2.74 bits per heavy atom. The molecular formula is C13H22N2O3S. The maximum atomic E-state index is 10.7. The third kappa shape index (κ3) is 4.87. The van der Waals surface area contributed by atoms with Gasteiger partial charge in [-0.3, -0.25) is 4.79 Å². The minimum Gasteiger partial charge on any atom is -0.481 e. The predicted molar refractivity (Wildman–Crippen MR) is 75.7 cm³/mol. The first-order chi connectivity index (χ1) is 8.89. The maximum absolute atomic E-state index is 10.7. The number of rotatable bonds is 8. The average Bonchev–Trinajstić information content (AvgIpc) is 2.67. The van der Waals surface area contributed by atoms with Crippen molar-refractivity contribution in [3.63, 3.8) is 0 Å². The number of carbonyl (C=O) groups is 1. The van der Waals surface area contributed by atoms with Gasteiger partial charge in [0, 0.05) is 18.5 Å². The molecule has 0 aliphatic rings. The highest BCUT2D eigenvalue weighted by Gasteiger charge is 2.22. The van der Waals surface area contributed by atoms with E-state index in [9.17, 15) is 4.79 Å². The van der Waals surface area contributed by atoms with Crippen molar-refractivity contribution in [2.45, 2.75) is 51.4 Å². The van der Waals surface area contributed by atoms with Gasteiger partial charge in [-0.25, -0.2) is 4.98 Å². The Morgan fingerprint density at radius 2 is 2.21 bits per heavy atom. The second-order valence-electron chi connectivity index (χ2n) is 4.85. The van der Waals surface area contributed by atoms with Crippen LogP contribution in [0.25, 0.3) is 0 Å². The molecule has 6 heteroatoms. The van der Waals surface area contributed by atoms with E-state index in [1.54, 1.807) is 0 Å². The van der Waals surface area contributed by atoms with E-state index in [0.717, 1.165) is 17.3 Å². The predicted octanol–water partition coefficient (Wildman–Crippen LogP) is 2.44. The molecule has 0 unspecified atom stereocenters.